The van der Waals surface area contributed by atoms with Gasteiger partial charge in [0.25, 0.3) is 0 Å². The van der Waals surface area contributed by atoms with E-state index in [1.54, 1.807) is 13.1 Å². The molecule has 0 amide bonds. The first-order valence-corrected chi connectivity index (χ1v) is 4.70. The van der Waals surface area contributed by atoms with Crippen LogP contribution in [0.2, 0.25) is 0 Å². The Labute approximate surface area is 87.7 Å². The zero-order valence-electron chi connectivity index (χ0n) is 8.72. The van der Waals surface area contributed by atoms with Crippen molar-refractivity contribution in [1.82, 2.24) is 0 Å². The van der Waals surface area contributed by atoms with Gasteiger partial charge in [0.05, 0.1) is 11.6 Å². The van der Waals surface area contributed by atoms with Crippen molar-refractivity contribution in [3.63, 3.8) is 0 Å². The third-order valence-corrected chi connectivity index (χ3v) is 2.09. The summed E-state index contributed by atoms with van der Waals surface area (Å²) in [4.78, 5) is 1.51. The van der Waals surface area contributed by atoms with E-state index < -0.39 is 11.6 Å². The first-order chi connectivity index (χ1) is 7.10. The fourth-order valence-corrected chi connectivity index (χ4v) is 1.44. The molecule has 0 aliphatic rings. The standard InChI is InChI=1S/C11H12F2N2/c1-3-4-15(2)11-9(12)5-8(7-14)6-10(11)13/h5-6H,3-4H2,1-2H3. The average Bonchev–Trinajstić information content (AvgIpc) is 2.16. The second-order valence-corrected chi connectivity index (χ2v) is 3.32. The van der Waals surface area contributed by atoms with Crippen LogP contribution in [-0.4, -0.2) is 13.6 Å². The third-order valence-electron chi connectivity index (χ3n) is 2.09. The van der Waals surface area contributed by atoms with Crippen molar-refractivity contribution in [3.8, 4) is 6.07 Å². The molecule has 0 spiro atoms. The Hall–Kier alpha value is -1.63. The van der Waals surface area contributed by atoms with Gasteiger partial charge in [-0.05, 0) is 18.6 Å². The van der Waals surface area contributed by atoms with Crippen molar-refractivity contribution in [1.29, 1.82) is 5.26 Å². The number of hydrogen-bond acceptors (Lipinski definition) is 2. The number of nitrogens with zero attached hydrogens (tertiary/aromatic N) is 2. The summed E-state index contributed by atoms with van der Waals surface area (Å²) in [7, 11) is 1.62. The molecule has 0 aromatic heterocycles. The van der Waals surface area contributed by atoms with Gasteiger partial charge < -0.3 is 4.90 Å². The summed E-state index contributed by atoms with van der Waals surface area (Å²) in [6.45, 7) is 2.50. The summed E-state index contributed by atoms with van der Waals surface area (Å²) in [6, 6.07) is 3.80. The number of halogens is 2. The van der Waals surface area contributed by atoms with Gasteiger partial charge in [0, 0.05) is 13.6 Å². The molecule has 0 bridgehead atoms. The number of nitriles is 1. The second-order valence-electron chi connectivity index (χ2n) is 3.32. The van der Waals surface area contributed by atoms with Gasteiger partial charge in [-0.1, -0.05) is 6.92 Å². The van der Waals surface area contributed by atoms with E-state index in [4.69, 9.17) is 5.26 Å². The summed E-state index contributed by atoms with van der Waals surface area (Å²) in [5.41, 5.74) is -0.0745. The molecule has 4 heteroatoms. The molecule has 1 aromatic carbocycles. The first-order valence-electron chi connectivity index (χ1n) is 4.70. The molecule has 1 aromatic rings. The lowest BCUT2D eigenvalue weighted by Crippen LogP contribution is -2.20. The first kappa shape index (κ1) is 11.4. The number of rotatable bonds is 3. The van der Waals surface area contributed by atoms with Crippen LogP contribution >= 0.6 is 0 Å². The van der Waals surface area contributed by atoms with E-state index in [0.717, 1.165) is 18.6 Å². The van der Waals surface area contributed by atoms with Gasteiger partial charge in [0.15, 0.2) is 11.6 Å². The van der Waals surface area contributed by atoms with Crippen molar-refractivity contribution in [2.24, 2.45) is 0 Å². The van der Waals surface area contributed by atoms with Gasteiger partial charge in [-0.25, -0.2) is 8.78 Å². The summed E-state index contributed by atoms with van der Waals surface area (Å²) >= 11 is 0. The lowest BCUT2D eigenvalue weighted by molar-refractivity contribution is 0.575. The molecule has 15 heavy (non-hydrogen) atoms. The molecule has 0 atom stereocenters. The second kappa shape index (κ2) is 4.74. The van der Waals surface area contributed by atoms with Gasteiger partial charge >= 0.3 is 0 Å². The number of anilines is 1. The smallest absolute Gasteiger partial charge is 0.150 e. The number of benzene rings is 1. The highest BCUT2D eigenvalue weighted by molar-refractivity contribution is 5.51. The Morgan fingerprint density at radius 2 is 1.87 bits per heavy atom. The van der Waals surface area contributed by atoms with E-state index in [0.29, 0.717) is 6.54 Å². The van der Waals surface area contributed by atoms with Crippen LogP contribution in [-0.2, 0) is 0 Å². The van der Waals surface area contributed by atoms with Gasteiger partial charge in [-0.2, -0.15) is 5.26 Å². The van der Waals surface area contributed by atoms with Crippen molar-refractivity contribution in [2.75, 3.05) is 18.5 Å². The Balaban J connectivity index is 3.14. The van der Waals surface area contributed by atoms with Gasteiger partial charge in [-0.15, -0.1) is 0 Å². The fourth-order valence-electron chi connectivity index (χ4n) is 1.44. The minimum absolute atomic E-state index is 0.00125. The minimum atomic E-state index is -0.692. The lowest BCUT2D eigenvalue weighted by Gasteiger charge is -2.19. The maximum absolute atomic E-state index is 13.4. The van der Waals surface area contributed by atoms with E-state index >= 15 is 0 Å². The highest BCUT2D eigenvalue weighted by Crippen LogP contribution is 2.23. The molecular formula is C11H12F2N2. The zero-order chi connectivity index (χ0) is 11.4. The van der Waals surface area contributed by atoms with Crippen LogP contribution in [0.25, 0.3) is 0 Å². The molecule has 0 aliphatic heterocycles. The molecule has 0 aliphatic carbocycles. The summed E-state index contributed by atoms with van der Waals surface area (Å²) < 4.78 is 26.9. The quantitative estimate of drug-likeness (QED) is 0.766. The zero-order valence-corrected chi connectivity index (χ0v) is 8.72. The van der Waals surface area contributed by atoms with Crippen LogP contribution in [0.5, 0.6) is 0 Å². The molecule has 0 N–H and O–H groups in total. The molecule has 1 rings (SSSR count). The highest BCUT2D eigenvalue weighted by atomic mass is 19.1. The normalized spacial score (nSPS) is 9.80. The van der Waals surface area contributed by atoms with Crippen molar-refractivity contribution >= 4 is 5.69 Å². The van der Waals surface area contributed by atoms with E-state index in [1.807, 2.05) is 6.92 Å². The predicted molar refractivity (Wildman–Crippen MR) is 54.6 cm³/mol. The van der Waals surface area contributed by atoms with Crippen LogP contribution in [0.3, 0.4) is 0 Å². The van der Waals surface area contributed by atoms with Crippen LogP contribution < -0.4 is 4.90 Å². The van der Waals surface area contributed by atoms with Gasteiger partial charge in [0.2, 0.25) is 0 Å². The summed E-state index contributed by atoms with van der Waals surface area (Å²) in [6.07, 6.45) is 0.801. The molecule has 0 unspecified atom stereocenters. The predicted octanol–water partition coefficient (Wildman–Crippen LogP) is 2.68. The highest BCUT2D eigenvalue weighted by Gasteiger charge is 2.14. The van der Waals surface area contributed by atoms with E-state index in [2.05, 4.69) is 0 Å². The molecular weight excluding hydrogens is 198 g/mol. The summed E-state index contributed by atoms with van der Waals surface area (Å²) in [5.74, 6) is -1.38. The van der Waals surface area contributed by atoms with Crippen molar-refractivity contribution in [3.05, 3.63) is 29.3 Å². The summed E-state index contributed by atoms with van der Waals surface area (Å²) in [5, 5.41) is 8.52. The SMILES string of the molecule is CCCN(C)c1c(F)cc(C#N)cc1F. The topological polar surface area (TPSA) is 27.0 Å². The van der Waals surface area contributed by atoms with Crippen LogP contribution in [0.4, 0.5) is 14.5 Å². The Kier molecular flexibility index (Phi) is 3.62. The maximum Gasteiger partial charge on any atom is 0.150 e. The molecule has 0 heterocycles. The fraction of sp³-hybridized carbons (Fsp3) is 0.364. The van der Waals surface area contributed by atoms with Crippen LogP contribution in [0.1, 0.15) is 18.9 Å². The van der Waals surface area contributed by atoms with Gasteiger partial charge in [-0.3, -0.25) is 0 Å². The van der Waals surface area contributed by atoms with Crippen LogP contribution in [0, 0.1) is 23.0 Å². The Morgan fingerprint density at radius 3 is 2.27 bits per heavy atom. The lowest BCUT2D eigenvalue weighted by atomic mass is 10.2. The molecule has 0 radical (unpaired) electrons. The molecule has 80 valence electrons. The third kappa shape index (κ3) is 2.44. The van der Waals surface area contributed by atoms with E-state index in [9.17, 15) is 8.78 Å². The Morgan fingerprint density at radius 1 is 1.33 bits per heavy atom. The average molecular weight is 210 g/mol. The molecule has 0 saturated heterocycles. The number of hydrogen-bond donors (Lipinski definition) is 0. The molecule has 0 saturated carbocycles. The van der Waals surface area contributed by atoms with E-state index in [1.165, 1.54) is 4.90 Å². The van der Waals surface area contributed by atoms with Crippen molar-refractivity contribution < 1.29 is 8.78 Å². The Bertz CT molecular complexity index is 373. The molecule has 0 fully saturated rings. The molecule has 2 nitrogen and oxygen atoms in total. The van der Waals surface area contributed by atoms with Crippen molar-refractivity contribution in [2.45, 2.75) is 13.3 Å². The van der Waals surface area contributed by atoms with E-state index in [-0.39, 0.29) is 11.3 Å². The largest absolute Gasteiger partial charge is 0.370 e. The minimum Gasteiger partial charge on any atom is -0.370 e. The maximum atomic E-state index is 13.4. The van der Waals surface area contributed by atoms with Crippen LogP contribution in [0.15, 0.2) is 12.1 Å². The van der Waals surface area contributed by atoms with Gasteiger partial charge in [0.1, 0.15) is 5.69 Å². The monoisotopic (exact) mass is 210 g/mol.